The summed E-state index contributed by atoms with van der Waals surface area (Å²) < 4.78 is 6.18. The molecule has 2 aromatic rings. The van der Waals surface area contributed by atoms with Gasteiger partial charge < -0.3 is 4.74 Å². The number of benzene rings is 2. The number of allylic oxidation sites excluding steroid dienone is 1. The molecule has 0 amide bonds. The Morgan fingerprint density at radius 2 is 1.62 bits per heavy atom. The van der Waals surface area contributed by atoms with Gasteiger partial charge in [-0.05, 0) is 17.5 Å². The van der Waals surface area contributed by atoms with Gasteiger partial charge in [0.25, 0.3) is 0 Å². The van der Waals surface area contributed by atoms with E-state index in [1.54, 1.807) is 6.08 Å². The molecule has 0 unspecified atom stereocenters. The van der Waals surface area contributed by atoms with Crippen LogP contribution in [0.1, 0.15) is 37.5 Å². The van der Waals surface area contributed by atoms with Crippen molar-refractivity contribution in [3.8, 4) is 0 Å². The van der Waals surface area contributed by atoms with Crippen molar-refractivity contribution in [3.05, 3.63) is 84.4 Å². The molecule has 0 N–H and O–H groups in total. The van der Waals surface area contributed by atoms with E-state index < -0.39 is 0 Å². The Balaban J connectivity index is 2.16. The molecule has 2 rings (SSSR count). The zero-order valence-corrected chi connectivity index (χ0v) is 14.5. The number of ketones is 1. The summed E-state index contributed by atoms with van der Waals surface area (Å²) in [5.41, 5.74) is 2.15. The number of carbonyl (C=O) groups is 1. The van der Waals surface area contributed by atoms with Crippen molar-refractivity contribution < 1.29 is 9.53 Å². The summed E-state index contributed by atoms with van der Waals surface area (Å²) in [5.74, 6) is -0.0214. The van der Waals surface area contributed by atoms with Gasteiger partial charge in [-0.25, -0.2) is 0 Å². The Kier molecular flexibility index (Phi) is 6.95. The summed E-state index contributed by atoms with van der Waals surface area (Å²) in [6.45, 7) is 8.15. The Bertz CT molecular complexity index is 634. The molecular weight excluding hydrogens is 296 g/mol. The topological polar surface area (TPSA) is 26.3 Å². The average molecular weight is 322 g/mol. The van der Waals surface area contributed by atoms with E-state index in [2.05, 4.69) is 6.58 Å². The third kappa shape index (κ3) is 4.90. The molecule has 0 spiro atoms. The largest absolute Gasteiger partial charge is 0.368 e. The molecule has 2 nitrogen and oxygen atoms in total. The number of hydrogen-bond donors (Lipinski definition) is 0. The van der Waals surface area contributed by atoms with Gasteiger partial charge in [0.1, 0.15) is 5.78 Å². The van der Waals surface area contributed by atoms with Crippen LogP contribution in [0.2, 0.25) is 0 Å². The van der Waals surface area contributed by atoms with E-state index in [1.807, 2.05) is 74.5 Å². The van der Waals surface area contributed by atoms with Crippen LogP contribution < -0.4 is 0 Å². The van der Waals surface area contributed by atoms with E-state index in [0.717, 1.165) is 11.1 Å². The zero-order valence-electron chi connectivity index (χ0n) is 14.5. The lowest BCUT2D eigenvalue weighted by atomic mass is 9.86. The van der Waals surface area contributed by atoms with Crippen molar-refractivity contribution in [2.45, 2.75) is 33.0 Å². The number of hydrogen-bond acceptors (Lipinski definition) is 2. The van der Waals surface area contributed by atoms with Crippen LogP contribution in [0.5, 0.6) is 0 Å². The molecule has 2 aromatic carbocycles. The summed E-state index contributed by atoms with van der Waals surface area (Å²) in [4.78, 5) is 12.7. The molecular formula is C22H26O2. The van der Waals surface area contributed by atoms with Gasteiger partial charge in [-0.1, -0.05) is 80.6 Å². The van der Waals surface area contributed by atoms with Crippen LogP contribution in [0.4, 0.5) is 0 Å². The van der Waals surface area contributed by atoms with E-state index in [9.17, 15) is 4.79 Å². The van der Waals surface area contributed by atoms with Crippen molar-refractivity contribution in [1.82, 2.24) is 0 Å². The fourth-order valence-electron chi connectivity index (χ4n) is 2.90. The summed E-state index contributed by atoms with van der Waals surface area (Å²) in [6.07, 6.45) is 2.26. The van der Waals surface area contributed by atoms with Crippen LogP contribution in [0, 0.1) is 11.8 Å². The Morgan fingerprint density at radius 3 is 2.21 bits per heavy atom. The first-order valence-electron chi connectivity index (χ1n) is 8.48. The van der Waals surface area contributed by atoms with Crippen LogP contribution in [-0.2, 0) is 16.1 Å². The van der Waals surface area contributed by atoms with Crippen LogP contribution in [0.3, 0.4) is 0 Å². The van der Waals surface area contributed by atoms with Gasteiger partial charge in [0.2, 0.25) is 0 Å². The molecule has 0 saturated heterocycles. The van der Waals surface area contributed by atoms with Crippen LogP contribution in [0.25, 0.3) is 0 Å². The second-order valence-corrected chi connectivity index (χ2v) is 6.24. The molecule has 0 bridgehead atoms. The summed E-state index contributed by atoms with van der Waals surface area (Å²) >= 11 is 0. The predicted octanol–water partition coefficient (Wildman–Crippen LogP) is 5.36. The number of rotatable bonds is 9. The Morgan fingerprint density at radius 1 is 1.04 bits per heavy atom. The van der Waals surface area contributed by atoms with E-state index in [-0.39, 0.29) is 23.7 Å². The molecule has 0 fully saturated rings. The second kappa shape index (κ2) is 9.19. The molecule has 0 radical (unpaired) electrons. The third-order valence-electron chi connectivity index (χ3n) is 4.31. The molecule has 0 aliphatic rings. The van der Waals surface area contributed by atoms with Gasteiger partial charge in [0, 0.05) is 11.8 Å². The summed E-state index contributed by atoms with van der Waals surface area (Å²) in [5, 5.41) is 0. The predicted molar refractivity (Wildman–Crippen MR) is 98.6 cm³/mol. The minimum absolute atomic E-state index is 0.0379. The highest BCUT2D eigenvalue weighted by molar-refractivity contribution is 5.83. The van der Waals surface area contributed by atoms with Crippen molar-refractivity contribution >= 4 is 5.78 Å². The minimum Gasteiger partial charge on any atom is -0.368 e. The maximum atomic E-state index is 12.7. The van der Waals surface area contributed by atoms with Crippen LogP contribution in [-0.4, -0.2) is 5.78 Å². The molecule has 0 aliphatic carbocycles. The lowest BCUT2D eigenvalue weighted by molar-refractivity contribution is -0.131. The quantitative estimate of drug-likeness (QED) is 0.581. The number of Topliss-reactive ketones (excluding diaryl/α,β-unsaturated/α-hetero) is 1. The van der Waals surface area contributed by atoms with Crippen LogP contribution >= 0.6 is 0 Å². The van der Waals surface area contributed by atoms with Gasteiger partial charge in [-0.3, -0.25) is 4.79 Å². The molecule has 2 heteroatoms. The fourth-order valence-corrected chi connectivity index (χ4v) is 2.90. The van der Waals surface area contributed by atoms with E-state index >= 15 is 0 Å². The maximum Gasteiger partial charge on any atom is 0.141 e. The SMILES string of the molecule is C=CC[C@H](C)C(=O)[C@H](C)[C@H](OCc1ccccc1)c1ccccc1. The Hall–Kier alpha value is -2.19. The van der Waals surface area contributed by atoms with Gasteiger partial charge in [-0.2, -0.15) is 0 Å². The molecule has 3 atom stereocenters. The monoisotopic (exact) mass is 322 g/mol. The summed E-state index contributed by atoms with van der Waals surface area (Å²) in [7, 11) is 0. The molecule has 24 heavy (non-hydrogen) atoms. The maximum absolute atomic E-state index is 12.7. The van der Waals surface area contributed by atoms with Crippen molar-refractivity contribution in [2.24, 2.45) is 11.8 Å². The lowest BCUT2D eigenvalue weighted by Crippen LogP contribution is -2.26. The van der Waals surface area contributed by atoms with Gasteiger partial charge in [0.15, 0.2) is 0 Å². The highest BCUT2D eigenvalue weighted by Gasteiger charge is 2.29. The zero-order chi connectivity index (χ0) is 17.4. The van der Waals surface area contributed by atoms with Gasteiger partial charge in [-0.15, -0.1) is 6.58 Å². The fraction of sp³-hybridized carbons (Fsp3) is 0.318. The minimum atomic E-state index is -0.244. The van der Waals surface area contributed by atoms with Crippen molar-refractivity contribution in [2.75, 3.05) is 0 Å². The first kappa shape index (κ1) is 18.2. The first-order valence-corrected chi connectivity index (χ1v) is 8.48. The Labute approximate surface area is 145 Å². The van der Waals surface area contributed by atoms with Crippen LogP contribution in [0.15, 0.2) is 73.3 Å². The van der Waals surface area contributed by atoms with E-state index in [4.69, 9.17) is 4.74 Å². The molecule has 0 aliphatic heterocycles. The molecule has 126 valence electrons. The first-order chi connectivity index (χ1) is 11.6. The van der Waals surface area contributed by atoms with Crippen molar-refractivity contribution in [1.29, 1.82) is 0 Å². The molecule has 0 heterocycles. The van der Waals surface area contributed by atoms with E-state index in [0.29, 0.717) is 13.0 Å². The standard InChI is InChI=1S/C22H26O2/c1-4-11-17(2)21(23)18(3)22(20-14-9-6-10-15-20)24-16-19-12-7-5-8-13-19/h4-10,12-15,17-18,22H,1,11,16H2,2-3H3/t17-,18-,22-/m0/s1. The smallest absolute Gasteiger partial charge is 0.141 e. The molecule has 0 aromatic heterocycles. The van der Waals surface area contributed by atoms with E-state index in [1.165, 1.54) is 0 Å². The average Bonchev–Trinajstić information content (AvgIpc) is 2.63. The highest BCUT2D eigenvalue weighted by atomic mass is 16.5. The van der Waals surface area contributed by atoms with Gasteiger partial charge >= 0.3 is 0 Å². The normalized spacial score (nSPS) is 14.6. The van der Waals surface area contributed by atoms with Gasteiger partial charge in [0.05, 0.1) is 12.7 Å². The lowest BCUT2D eigenvalue weighted by Gasteiger charge is -2.26. The second-order valence-electron chi connectivity index (χ2n) is 6.24. The third-order valence-corrected chi connectivity index (χ3v) is 4.31. The molecule has 0 saturated carbocycles. The summed E-state index contributed by atoms with van der Waals surface area (Å²) in [6, 6.07) is 20.1. The number of ether oxygens (including phenoxy) is 1. The highest BCUT2D eigenvalue weighted by Crippen LogP contribution is 2.30. The number of carbonyl (C=O) groups excluding carboxylic acids is 1. The van der Waals surface area contributed by atoms with Crippen molar-refractivity contribution in [3.63, 3.8) is 0 Å².